The molecule has 1 fully saturated rings. The van der Waals surface area contributed by atoms with Crippen LogP contribution < -0.4 is 5.32 Å². The van der Waals surface area contributed by atoms with Crippen LogP contribution >= 0.6 is 11.6 Å². The zero-order valence-electron chi connectivity index (χ0n) is 9.58. The molecule has 96 valence electrons. The van der Waals surface area contributed by atoms with Gasteiger partial charge in [-0.15, -0.1) is 11.6 Å². The number of amides is 1. The summed E-state index contributed by atoms with van der Waals surface area (Å²) >= 11 is 6.00. The fourth-order valence-corrected chi connectivity index (χ4v) is 2.64. The molecule has 1 aromatic heterocycles. The van der Waals surface area contributed by atoms with E-state index in [4.69, 9.17) is 11.6 Å². The van der Waals surface area contributed by atoms with Gasteiger partial charge in [0.15, 0.2) is 11.9 Å². The van der Waals surface area contributed by atoms with E-state index < -0.39 is 6.23 Å². The molecule has 0 aliphatic carbocycles. The summed E-state index contributed by atoms with van der Waals surface area (Å²) in [4.78, 5) is 21.6. The van der Waals surface area contributed by atoms with Gasteiger partial charge in [-0.3, -0.25) is 20.0 Å². The lowest BCUT2D eigenvalue weighted by Crippen LogP contribution is -2.52. The van der Waals surface area contributed by atoms with Gasteiger partial charge in [0.2, 0.25) is 0 Å². The molecule has 0 spiro atoms. The van der Waals surface area contributed by atoms with Crippen LogP contribution in [0, 0.1) is 0 Å². The number of carbonyl (C=O) groups excluding carboxylic acids is 1. The summed E-state index contributed by atoms with van der Waals surface area (Å²) < 4.78 is 0. The second kappa shape index (κ2) is 4.46. The highest BCUT2D eigenvalue weighted by molar-refractivity contribution is 6.20. The molecule has 3 atom stereocenters. The number of aliphatic hydroxyl groups is 1. The van der Waals surface area contributed by atoms with E-state index in [0.717, 1.165) is 6.42 Å². The molecule has 0 saturated carbocycles. The van der Waals surface area contributed by atoms with Crippen molar-refractivity contribution >= 4 is 17.5 Å². The Hall–Kier alpha value is -1.24. The molecule has 6 nitrogen and oxygen atoms in total. The number of nitrogens with zero attached hydrogens (tertiary/aromatic N) is 3. The molecule has 1 amide bonds. The van der Waals surface area contributed by atoms with Crippen LogP contribution in [-0.2, 0) is 0 Å². The highest BCUT2D eigenvalue weighted by Gasteiger charge is 2.42. The second-order valence-electron chi connectivity index (χ2n) is 4.47. The van der Waals surface area contributed by atoms with Gasteiger partial charge in [-0.05, 0) is 12.8 Å². The smallest absolute Gasteiger partial charge is 0.278 e. The lowest BCUT2D eigenvalue weighted by atomic mass is 10.1. The predicted molar refractivity (Wildman–Crippen MR) is 63.8 cm³/mol. The molecule has 0 unspecified atom stereocenters. The quantitative estimate of drug-likeness (QED) is 0.714. The number of piperidine rings is 1. The predicted octanol–water partition coefficient (Wildman–Crippen LogP) is 0.240. The molecular weight excluding hydrogens is 256 g/mol. The summed E-state index contributed by atoms with van der Waals surface area (Å²) in [6.45, 7) is 0.625. The van der Waals surface area contributed by atoms with Gasteiger partial charge in [-0.1, -0.05) is 0 Å². The van der Waals surface area contributed by atoms with Crippen molar-refractivity contribution in [2.75, 3.05) is 6.54 Å². The van der Waals surface area contributed by atoms with Crippen LogP contribution in [0.15, 0.2) is 12.4 Å². The highest BCUT2D eigenvalue weighted by Crippen LogP contribution is 2.32. The number of fused-ring (bicyclic) bond motifs is 1. The van der Waals surface area contributed by atoms with Crippen molar-refractivity contribution in [2.45, 2.75) is 30.6 Å². The standard InChI is InChI=1S/C11H13ClN4O2/c12-6-1-2-7(15-5-6)16-10(17)8-9(11(16)18)14-4-3-13-8/h3-4,6-7,10,15,17H,1-2,5H2/t6-,7+,10-/m0/s1. The van der Waals surface area contributed by atoms with Gasteiger partial charge in [-0.25, -0.2) is 4.98 Å². The Morgan fingerprint density at radius 2 is 2.17 bits per heavy atom. The maximum atomic E-state index is 12.2. The van der Waals surface area contributed by atoms with Crippen molar-refractivity contribution in [1.82, 2.24) is 20.2 Å². The van der Waals surface area contributed by atoms with Crippen molar-refractivity contribution in [3.63, 3.8) is 0 Å². The van der Waals surface area contributed by atoms with Crippen LogP contribution in [0.2, 0.25) is 0 Å². The minimum Gasteiger partial charge on any atom is -0.368 e. The molecule has 1 saturated heterocycles. The van der Waals surface area contributed by atoms with Gasteiger partial charge in [0.1, 0.15) is 5.69 Å². The summed E-state index contributed by atoms with van der Waals surface area (Å²) in [7, 11) is 0. The molecule has 0 radical (unpaired) electrons. The first-order valence-electron chi connectivity index (χ1n) is 5.87. The number of aliphatic hydroxyl groups excluding tert-OH is 1. The molecule has 1 aromatic rings. The number of alkyl halides is 1. The minimum atomic E-state index is -1.02. The molecule has 2 aliphatic heterocycles. The molecule has 0 aromatic carbocycles. The monoisotopic (exact) mass is 268 g/mol. The summed E-state index contributed by atoms with van der Waals surface area (Å²) in [6, 6.07) is 0. The van der Waals surface area contributed by atoms with E-state index in [2.05, 4.69) is 15.3 Å². The average Bonchev–Trinajstić information content (AvgIpc) is 2.64. The van der Waals surface area contributed by atoms with E-state index in [-0.39, 0.29) is 23.1 Å². The Bertz CT molecular complexity index is 476. The van der Waals surface area contributed by atoms with Gasteiger partial charge in [0, 0.05) is 24.3 Å². The van der Waals surface area contributed by atoms with Crippen LogP contribution in [-0.4, -0.2) is 44.0 Å². The Kier molecular flexibility index (Phi) is 2.93. The second-order valence-corrected chi connectivity index (χ2v) is 5.09. The number of hydrogen-bond donors (Lipinski definition) is 2. The van der Waals surface area contributed by atoms with E-state index in [0.29, 0.717) is 18.7 Å². The van der Waals surface area contributed by atoms with Crippen LogP contribution in [0.1, 0.15) is 35.3 Å². The third-order valence-electron chi connectivity index (χ3n) is 3.34. The van der Waals surface area contributed by atoms with Crippen molar-refractivity contribution in [2.24, 2.45) is 0 Å². The first-order chi connectivity index (χ1) is 8.68. The molecule has 2 aliphatic rings. The normalized spacial score (nSPS) is 31.6. The van der Waals surface area contributed by atoms with E-state index in [1.165, 1.54) is 17.3 Å². The zero-order valence-corrected chi connectivity index (χ0v) is 10.3. The van der Waals surface area contributed by atoms with Crippen molar-refractivity contribution in [3.05, 3.63) is 23.8 Å². The van der Waals surface area contributed by atoms with Crippen LogP contribution in [0.4, 0.5) is 0 Å². The lowest BCUT2D eigenvalue weighted by molar-refractivity contribution is -0.0178. The fraction of sp³-hybridized carbons (Fsp3) is 0.545. The van der Waals surface area contributed by atoms with E-state index >= 15 is 0 Å². The van der Waals surface area contributed by atoms with Crippen LogP contribution in [0.5, 0.6) is 0 Å². The van der Waals surface area contributed by atoms with E-state index in [9.17, 15) is 9.90 Å². The number of hydrogen-bond acceptors (Lipinski definition) is 5. The third-order valence-corrected chi connectivity index (χ3v) is 3.71. The van der Waals surface area contributed by atoms with Gasteiger partial charge >= 0.3 is 0 Å². The number of nitrogens with one attached hydrogen (secondary N) is 1. The summed E-state index contributed by atoms with van der Waals surface area (Å²) in [6.07, 6.45) is 3.22. The number of aromatic nitrogens is 2. The maximum Gasteiger partial charge on any atom is 0.278 e. The van der Waals surface area contributed by atoms with Crippen molar-refractivity contribution < 1.29 is 9.90 Å². The Labute approximate surface area is 109 Å². The minimum absolute atomic E-state index is 0.0784. The molecule has 7 heteroatoms. The number of halogens is 1. The summed E-state index contributed by atoms with van der Waals surface area (Å²) in [5.74, 6) is -0.281. The number of rotatable bonds is 1. The van der Waals surface area contributed by atoms with Crippen molar-refractivity contribution in [3.8, 4) is 0 Å². The molecule has 2 N–H and O–H groups in total. The zero-order chi connectivity index (χ0) is 12.7. The lowest BCUT2D eigenvalue weighted by Gasteiger charge is -2.35. The van der Waals surface area contributed by atoms with Gasteiger partial charge in [0.05, 0.1) is 6.17 Å². The van der Waals surface area contributed by atoms with Gasteiger partial charge in [-0.2, -0.15) is 0 Å². The topological polar surface area (TPSA) is 78.3 Å². The first-order valence-corrected chi connectivity index (χ1v) is 6.31. The molecule has 3 heterocycles. The Balaban J connectivity index is 1.85. The van der Waals surface area contributed by atoms with Gasteiger partial charge in [0.25, 0.3) is 5.91 Å². The molecular formula is C11H13ClN4O2. The Morgan fingerprint density at radius 3 is 2.83 bits per heavy atom. The molecule has 18 heavy (non-hydrogen) atoms. The number of carbonyl (C=O) groups is 1. The molecule has 3 rings (SSSR count). The largest absolute Gasteiger partial charge is 0.368 e. The SMILES string of the molecule is O=C1c2nccnc2[C@H](O)N1[C@@H]1CC[C@H](Cl)CN1. The van der Waals surface area contributed by atoms with E-state index in [1.54, 1.807) is 0 Å². The third kappa shape index (κ3) is 1.77. The van der Waals surface area contributed by atoms with Crippen LogP contribution in [0.3, 0.4) is 0 Å². The average molecular weight is 269 g/mol. The Morgan fingerprint density at radius 1 is 1.39 bits per heavy atom. The fourth-order valence-electron chi connectivity index (χ4n) is 2.42. The maximum absolute atomic E-state index is 12.2. The highest BCUT2D eigenvalue weighted by atomic mass is 35.5. The van der Waals surface area contributed by atoms with Crippen molar-refractivity contribution in [1.29, 1.82) is 0 Å². The molecule has 0 bridgehead atoms. The first kappa shape index (κ1) is 11.8. The van der Waals surface area contributed by atoms with E-state index in [1.807, 2.05) is 0 Å². The van der Waals surface area contributed by atoms with Crippen LogP contribution in [0.25, 0.3) is 0 Å². The van der Waals surface area contributed by atoms with Gasteiger partial charge < -0.3 is 5.11 Å². The summed E-state index contributed by atoms with van der Waals surface area (Å²) in [5, 5.41) is 13.4. The summed E-state index contributed by atoms with van der Waals surface area (Å²) in [5.41, 5.74) is 0.567.